The molecule has 1 aliphatic carbocycles. The summed E-state index contributed by atoms with van der Waals surface area (Å²) in [4.78, 5) is 12.7. The van der Waals surface area contributed by atoms with Crippen molar-refractivity contribution in [2.75, 3.05) is 7.11 Å². The lowest BCUT2D eigenvalue weighted by Crippen LogP contribution is -2.39. The van der Waals surface area contributed by atoms with E-state index in [0.29, 0.717) is 5.92 Å². The Labute approximate surface area is 176 Å². The first kappa shape index (κ1) is 19.6. The summed E-state index contributed by atoms with van der Waals surface area (Å²) in [5, 5.41) is 4.63. The number of nitrogens with one attached hydrogen (secondary N) is 1. The molecule has 1 saturated carbocycles. The zero-order chi connectivity index (χ0) is 20.0. The summed E-state index contributed by atoms with van der Waals surface area (Å²) >= 11 is 12.8. The molecule has 3 nitrogen and oxygen atoms in total. The van der Waals surface area contributed by atoms with Crippen LogP contribution in [0, 0.1) is 17.8 Å². The Morgan fingerprint density at radius 3 is 2.39 bits per heavy atom. The molecular formula is C23H25Cl2NO2. The molecule has 4 rings (SSSR count). The number of hydrogen-bond acceptors (Lipinski definition) is 2. The van der Waals surface area contributed by atoms with Crippen molar-refractivity contribution in [2.24, 2.45) is 17.8 Å². The van der Waals surface area contributed by atoms with Gasteiger partial charge < -0.3 is 10.1 Å². The Hall–Kier alpha value is -1.71. The molecule has 0 aromatic heterocycles. The zero-order valence-electron chi connectivity index (χ0n) is 16.3. The third-order valence-electron chi connectivity index (χ3n) is 6.61. The first-order valence-corrected chi connectivity index (χ1v) is 10.6. The average Bonchev–Trinajstić information content (AvgIpc) is 2.97. The molecule has 0 spiro atoms. The highest BCUT2D eigenvalue weighted by Crippen LogP contribution is 2.56. The molecule has 1 N–H and O–H groups in total. The Kier molecular flexibility index (Phi) is 5.32. The van der Waals surface area contributed by atoms with Crippen LogP contribution in [0.3, 0.4) is 0 Å². The third kappa shape index (κ3) is 3.29. The van der Waals surface area contributed by atoms with Crippen LogP contribution in [0.5, 0.6) is 5.75 Å². The van der Waals surface area contributed by atoms with Crippen LogP contribution in [0.25, 0.3) is 0 Å². The standard InChI is InChI=1S/C23H25Cl2NO2/c1-12-10-18(17-9-8-16(28-3)11-19(17)25)22(14-4-6-15(24)7-5-14)21-13(2)26-23(27)20(12)21/h4-9,11-13,18,20-22H,10H2,1-3H3,(H,26,27)/t12-,13+,18-,20+,21+,22-/m0/s1. The Bertz CT molecular complexity index is 883. The summed E-state index contributed by atoms with van der Waals surface area (Å²) in [6, 6.07) is 14.1. The Morgan fingerprint density at radius 1 is 1.04 bits per heavy atom. The predicted molar refractivity (Wildman–Crippen MR) is 113 cm³/mol. The highest BCUT2D eigenvalue weighted by Gasteiger charge is 2.53. The van der Waals surface area contributed by atoms with E-state index in [1.165, 1.54) is 5.56 Å². The van der Waals surface area contributed by atoms with Gasteiger partial charge in [0.15, 0.2) is 0 Å². The molecule has 0 unspecified atom stereocenters. The van der Waals surface area contributed by atoms with Gasteiger partial charge >= 0.3 is 0 Å². The molecule has 1 heterocycles. The van der Waals surface area contributed by atoms with E-state index in [1.807, 2.05) is 24.3 Å². The largest absolute Gasteiger partial charge is 0.497 e. The van der Waals surface area contributed by atoms with Crippen molar-refractivity contribution in [3.63, 3.8) is 0 Å². The van der Waals surface area contributed by atoms with Crippen molar-refractivity contribution in [1.82, 2.24) is 5.32 Å². The van der Waals surface area contributed by atoms with E-state index < -0.39 is 0 Å². The number of halogens is 2. The number of benzene rings is 2. The van der Waals surface area contributed by atoms with Gasteiger partial charge in [-0.1, -0.05) is 48.3 Å². The lowest BCUT2D eigenvalue weighted by molar-refractivity contribution is -0.125. The first-order chi connectivity index (χ1) is 13.4. The van der Waals surface area contributed by atoms with Crippen LogP contribution in [-0.2, 0) is 4.79 Å². The quantitative estimate of drug-likeness (QED) is 0.699. The van der Waals surface area contributed by atoms with Crippen LogP contribution in [0.4, 0.5) is 0 Å². The number of fused-ring (bicyclic) bond motifs is 1. The van der Waals surface area contributed by atoms with E-state index >= 15 is 0 Å². The van der Waals surface area contributed by atoms with Gasteiger partial charge in [0.25, 0.3) is 0 Å². The SMILES string of the molecule is COc1ccc([C@@H]2C[C@H](C)[C@H]3C(=O)N[C@H](C)[C@H]3[C@H]2c2ccc(Cl)cc2)c(Cl)c1. The fourth-order valence-corrected chi connectivity index (χ4v) is 5.87. The molecule has 2 fully saturated rings. The number of carbonyl (C=O) groups excluding carboxylic acids is 1. The molecule has 2 aromatic rings. The molecule has 1 amide bonds. The van der Waals surface area contributed by atoms with Crippen molar-refractivity contribution >= 4 is 29.1 Å². The smallest absolute Gasteiger partial charge is 0.223 e. The molecule has 148 valence electrons. The molecule has 2 aromatic carbocycles. The van der Waals surface area contributed by atoms with Crippen molar-refractivity contribution in [3.05, 3.63) is 63.6 Å². The lowest BCUT2D eigenvalue weighted by atomic mass is 9.58. The van der Waals surface area contributed by atoms with Gasteiger partial charge in [-0.15, -0.1) is 0 Å². The molecule has 28 heavy (non-hydrogen) atoms. The van der Waals surface area contributed by atoms with Crippen molar-refractivity contribution < 1.29 is 9.53 Å². The topological polar surface area (TPSA) is 38.3 Å². The maximum Gasteiger partial charge on any atom is 0.223 e. The minimum absolute atomic E-state index is 0.0314. The second-order valence-corrected chi connectivity index (χ2v) is 9.03. The minimum atomic E-state index is 0.0314. The fourth-order valence-electron chi connectivity index (χ4n) is 5.43. The van der Waals surface area contributed by atoms with Crippen molar-refractivity contribution in [2.45, 2.75) is 38.1 Å². The molecule has 2 aliphatic rings. The maximum atomic E-state index is 12.7. The van der Waals surface area contributed by atoms with Crippen LogP contribution in [-0.4, -0.2) is 19.1 Å². The zero-order valence-corrected chi connectivity index (χ0v) is 17.8. The number of rotatable bonds is 3. The van der Waals surface area contributed by atoms with E-state index in [0.717, 1.165) is 27.8 Å². The van der Waals surface area contributed by atoms with Crippen molar-refractivity contribution in [3.8, 4) is 5.75 Å². The summed E-state index contributed by atoms with van der Waals surface area (Å²) in [6.45, 7) is 4.31. The van der Waals surface area contributed by atoms with Gasteiger partial charge in [-0.2, -0.15) is 0 Å². The van der Waals surface area contributed by atoms with E-state index in [1.54, 1.807) is 7.11 Å². The molecule has 1 aliphatic heterocycles. The number of methoxy groups -OCH3 is 1. The van der Waals surface area contributed by atoms with E-state index in [-0.39, 0.29) is 35.6 Å². The lowest BCUT2D eigenvalue weighted by Gasteiger charge is -2.44. The van der Waals surface area contributed by atoms with Crippen LogP contribution in [0.2, 0.25) is 10.0 Å². The Balaban J connectivity index is 1.83. The normalized spacial score (nSPS) is 32.0. The second-order valence-electron chi connectivity index (χ2n) is 8.18. The maximum absolute atomic E-state index is 12.7. The highest BCUT2D eigenvalue weighted by molar-refractivity contribution is 6.31. The van der Waals surface area contributed by atoms with Crippen LogP contribution in [0.15, 0.2) is 42.5 Å². The molecule has 1 saturated heterocycles. The first-order valence-electron chi connectivity index (χ1n) is 9.80. The fraction of sp³-hybridized carbons (Fsp3) is 0.435. The van der Waals surface area contributed by atoms with Crippen LogP contribution >= 0.6 is 23.2 Å². The number of amides is 1. The van der Waals surface area contributed by atoms with Crippen LogP contribution in [0.1, 0.15) is 43.2 Å². The second kappa shape index (κ2) is 7.61. The van der Waals surface area contributed by atoms with Gasteiger partial charge in [-0.25, -0.2) is 0 Å². The number of carbonyl (C=O) groups is 1. The van der Waals surface area contributed by atoms with E-state index in [9.17, 15) is 4.79 Å². The predicted octanol–water partition coefficient (Wildman–Crippen LogP) is 5.66. The molecule has 0 radical (unpaired) electrons. The summed E-state index contributed by atoms with van der Waals surface area (Å²) in [6.07, 6.45) is 0.917. The highest BCUT2D eigenvalue weighted by atomic mass is 35.5. The monoisotopic (exact) mass is 417 g/mol. The summed E-state index contributed by atoms with van der Waals surface area (Å²) in [7, 11) is 1.65. The van der Waals surface area contributed by atoms with E-state index in [4.69, 9.17) is 27.9 Å². The molecule has 6 atom stereocenters. The molecule has 0 bridgehead atoms. The summed E-state index contributed by atoms with van der Waals surface area (Å²) in [5.74, 6) is 1.91. The van der Waals surface area contributed by atoms with Gasteiger partial charge in [0.2, 0.25) is 5.91 Å². The Morgan fingerprint density at radius 2 is 1.75 bits per heavy atom. The number of ether oxygens (including phenoxy) is 1. The molecule has 5 heteroatoms. The number of hydrogen-bond donors (Lipinski definition) is 1. The molecular weight excluding hydrogens is 393 g/mol. The van der Waals surface area contributed by atoms with Gasteiger partial charge in [0.05, 0.1) is 7.11 Å². The summed E-state index contributed by atoms with van der Waals surface area (Å²) < 4.78 is 5.33. The van der Waals surface area contributed by atoms with Gasteiger partial charge in [-0.3, -0.25) is 4.79 Å². The van der Waals surface area contributed by atoms with Crippen molar-refractivity contribution in [1.29, 1.82) is 0 Å². The van der Waals surface area contributed by atoms with E-state index in [2.05, 4.69) is 37.4 Å². The van der Waals surface area contributed by atoms with Gasteiger partial charge in [0, 0.05) is 22.0 Å². The third-order valence-corrected chi connectivity index (χ3v) is 7.19. The van der Waals surface area contributed by atoms with Gasteiger partial charge in [0.1, 0.15) is 5.75 Å². The average molecular weight is 418 g/mol. The minimum Gasteiger partial charge on any atom is -0.497 e. The van der Waals surface area contributed by atoms with Gasteiger partial charge in [-0.05, 0) is 72.4 Å². The summed E-state index contributed by atoms with van der Waals surface area (Å²) in [5.41, 5.74) is 2.34. The van der Waals surface area contributed by atoms with Crippen LogP contribution < -0.4 is 10.1 Å².